The first-order valence-corrected chi connectivity index (χ1v) is 6.43. The summed E-state index contributed by atoms with van der Waals surface area (Å²) in [6.45, 7) is 0.235. The van der Waals surface area contributed by atoms with Gasteiger partial charge in [0.05, 0.1) is 24.1 Å². The predicted molar refractivity (Wildman–Crippen MR) is 75.2 cm³/mol. The number of carbonyl (C=O) groups is 2. The molecule has 1 heterocycles. The lowest BCUT2D eigenvalue weighted by molar-refractivity contribution is -0.383. The monoisotopic (exact) mass is 293 g/mol. The number of benzene rings is 1. The molecule has 2 N–H and O–H groups in total. The van der Waals surface area contributed by atoms with Crippen LogP contribution in [0.25, 0.3) is 0 Å². The molecule has 0 spiro atoms. The van der Waals surface area contributed by atoms with Gasteiger partial charge >= 0.3 is 5.97 Å². The number of aryl methyl sites for hydroxylation is 1. The molecular formula is C13H15N3O5. The van der Waals surface area contributed by atoms with E-state index in [2.05, 4.69) is 15.4 Å². The van der Waals surface area contributed by atoms with E-state index in [0.717, 1.165) is 5.56 Å². The van der Waals surface area contributed by atoms with Crippen LogP contribution in [0.5, 0.6) is 0 Å². The second-order valence-electron chi connectivity index (χ2n) is 4.58. The highest BCUT2D eigenvalue weighted by atomic mass is 16.6. The fraction of sp³-hybridized carbons (Fsp3) is 0.385. The van der Waals surface area contributed by atoms with E-state index in [1.807, 2.05) is 0 Å². The summed E-state index contributed by atoms with van der Waals surface area (Å²) in [5.74, 6) is -0.543. The molecule has 21 heavy (non-hydrogen) atoms. The van der Waals surface area contributed by atoms with E-state index in [4.69, 9.17) is 0 Å². The van der Waals surface area contributed by atoms with Gasteiger partial charge in [-0.1, -0.05) is 0 Å². The van der Waals surface area contributed by atoms with Crippen LogP contribution in [0.15, 0.2) is 12.1 Å². The first kappa shape index (κ1) is 14.8. The van der Waals surface area contributed by atoms with E-state index < -0.39 is 10.9 Å². The summed E-state index contributed by atoms with van der Waals surface area (Å²) in [6.07, 6.45) is 0.999. The van der Waals surface area contributed by atoms with Crippen molar-refractivity contribution in [1.82, 2.24) is 0 Å². The molecule has 0 radical (unpaired) electrons. The highest BCUT2D eigenvalue weighted by Gasteiger charge is 2.22. The van der Waals surface area contributed by atoms with Crippen LogP contribution in [0.3, 0.4) is 0 Å². The highest BCUT2D eigenvalue weighted by molar-refractivity contribution is 5.95. The fourth-order valence-corrected chi connectivity index (χ4v) is 2.11. The minimum atomic E-state index is -0.526. The average Bonchev–Trinajstić information content (AvgIpc) is 2.46. The maximum absolute atomic E-state index is 11.3. The lowest BCUT2D eigenvalue weighted by atomic mass is 10.0. The van der Waals surface area contributed by atoms with Crippen LogP contribution in [0.1, 0.15) is 18.4 Å². The lowest BCUT2D eigenvalue weighted by Gasteiger charge is -2.18. The van der Waals surface area contributed by atoms with Crippen molar-refractivity contribution in [3.8, 4) is 0 Å². The van der Waals surface area contributed by atoms with Crippen molar-refractivity contribution in [3.05, 3.63) is 27.8 Å². The molecule has 1 aliphatic rings. The number of amides is 1. The Hall–Kier alpha value is -2.64. The summed E-state index contributed by atoms with van der Waals surface area (Å²) in [6, 6.07) is 2.98. The number of anilines is 2. The van der Waals surface area contributed by atoms with Gasteiger partial charge in [0.15, 0.2) is 0 Å². The summed E-state index contributed by atoms with van der Waals surface area (Å²) in [4.78, 5) is 32.9. The van der Waals surface area contributed by atoms with Gasteiger partial charge in [-0.25, -0.2) is 0 Å². The molecule has 1 amide bonds. The number of esters is 1. The molecule has 0 saturated carbocycles. The number of hydrogen-bond acceptors (Lipinski definition) is 6. The zero-order valence-corrected chi connectivity index (χ0v) is 11.5. The third kappa shape index (κ3) is 3.47. The molecule has 1 aromatic rings. The van der Waals surface area contributed by atoms with Crippen LogP contribution in [0.2, 0.25) is 0 Å². The number of rotatable bonds is 5. The van der Waals surface area contributed by atoms with E-state index in [1.54, 1.807) is 6.07 Å². The van der Waals surface area contributed by atoms with Crippen LogP contribution >= 0.6 is 0 Å². The van der Waals surface area contributed by atoms with Crippen LogP contribution < -0.4 is 10.6 Å². The van der Waals surface area contributed by atoms with Gasteiger partial charge < -0.3 is 15.4 Å². The summed E-state index contributed by atoms with van der Waals surface area (Å²) >= 11 is 0. The third-order valence-corrected chi connectivity index (χ3v) is 3.19. The smallest absolute Gasteiger partial charge is 0.307 e. The molecule has 0 unspecified atom stereocenters. The highest BCUT2D eigenvalue weighted by Crippen LogP contribution is 2.34. The number of nitro groups is 1. The molecule has 1 aromatic carbocycles. The molecule has 0 fully saturated rings. The zero-order valence-electron chi connectivity index (χ0n) is 11.5. The molecule has 0 aromatic heterocycles. The lowest BCUT2D eigenvalue weighted by Crippen LogP contribution is -2.19. The zero-order chi connectivity index (χ0) is 15.4. The Labute approximate surface area is 120 Å². The van der Waals surface area contributed by atoms with E-state index >= 15 is 0 Å². The summed E-state index contributed by atoms with van der Waals surface area (Å²) in [5.41, 5.74) is 1.50. The molecule has 1 aliphatic heterocycles. The molecule has 8 heteroatoms. The first-order chi connectivity index (χ1) is 10.0. The second kappa shape index (κ2) is 6.21. The fourth-order valence-electron chi connectivity index (χ4n) is 2.11. The number of ether oxygens (including phenoxy) is 1. The number of fused-ring (bicyclic) bond motifs is 1. The van der Waals surface area contributed by atoms with Gasteiger partial charge in [0.2, 0.25) is 5.91 Å². The number of nitro benzene ring substituents is 1. The molecule has 0 atom stereocenters. The van der Waals surface area contributed by atoms with Crippen LogP contribution in [0, 0.1) is 10.1 Å². The molecule has 0 saturated heterocycles. The van der Waals surface area contributed by atoms with Crippen LogP contribution in [0.4, 0.5) is 17.1 Å². The largest absolute Gasteiger partial charge is 0.469 e. The van der Waals surface area contributed by atoms with Gasteiger partial charge in [0, 0.05) is 19.0 Å². The number of nitrogens with one attached hydrogen (secondary N) is 2. The number of hydrogen-bond donors (Lipinski definition) is 2. The minimum Gasteiger partial charge on any atom is -0.469 e. The average molecular weight is 293 g/mol. The Balaban J connectivity index is 2.21. The third-order valence-electron chi connectivity index (χ3n) is 3.19. The topological polar surface area (TPSA) is 111 Å². The molecule has 2 rings (SSSR count). The van der Waals surface area contributed by atoms with Gasteiger partial charge in [0.1, 0.15) is 5.69 Å². The molecule has 0 aliphatic carbocycles. The summed E-state index contributed by atoms with van der Waals surface area (Å²) < 4.78 is 4.51. The normalized spacial score (nSPS) is 13.1. The summed E-state index contributed by atoms with van der Waals surface area (Å²) in [7, 11) is 1.28. The van der Waals surface area contributed by atoms with Crippen molar-refractivity contribution in [3.63, 3.8) is 0 Å². The Kier molecular flexibility index (Phi) is 4.36. The molecular weight excluding hydrogens is 278 g/mol. The van der Waals surface area contributed by atoms with Gasteiger partial charge in [0.25, 0.3) is 5.69 Å². The number of carbonyl (C=O) groups excluding carboxylic acids is 2. The van der Waals surface area contributed by atoms with Crippen molar-refractivity contribution in [2.24, 2.45) is 0 Å². The quantitative estimate of drug-likeness (QED) is 0.483. The molecule has 112 valence electrons. The maximum Gasteiger partial charge on any atom is 0.307 e. The molecule has 0 bridgehead atoms. The van der Waals surface area contributed by atoms with Gasteiger partial charge in [-0.15, -0.1) is 0 Å². The first-order valence-electron chi connectivity index (χ1n) is 6.43. The van der Waals surface area contributed by atoms with Crippen LogP contribution in [-0.4, -0.2) is 30.5 Å². The SMILES string of the molecule is COC(=O)CCNc1cc2c(cc1[N+](=O)[O-])NC(=O)CC2. The van der Waals surface area contributed by atoms with Gasteiger partial charge in [-0.2, -0.15) is 0 Å². The number of nitrogens with zero attached hydrogens (tertiary/aromatic N) is 1. The summed E-state index contributed by atoms with van der Waals surface area (Å²) in [5, 5.41) is 16.6. The van der Waals surface area contributed by atoms with Gasteiger partial charge in [-0.05, 0) is 18.1 Å². The predicted octanol–water partition coefficient (Wildman–Crippen LogP) is 1.45. The minimum absolute atomic E-state index is 0.113. The van der Waals surface area contributed by atoms with E-state index in [0.29, 0.717) is 24.2 Å². The van der Waals surface area contributed by atoms with Crippen molar-refractivity contribution in [2.45, 2.75) is 19.3 Å². The Morgan fingerprint density at radius 2 is 2.24 bits per heavy atom. The van der Waals surface area contributed by atoms with Gasteiger partial charge in [-0.3, -0.25) is 19.7 Å². The van der Waals surface area contributed by atoms with E-state index in [9.17, 15) is 19.7 Å². The second-order valence-corrected chi connectivity index (χ2v) is 4.58. The number of methoxy groups -OCH3 is 1. The molecule has 8 nitrogen and oxygen atoms in total. The Bertz CT molecular complexity index is 600. The van der Waals surface area contributed by atoms with Crippen molar-refractivity contribution in [2.75, 3.05) is 24.3 Å². The van der Waals surface area contributed by atoms with Crippen molar-refractivity contribution < 1.29 is 19.2 Å². The maximum atomic E-state index is 11.3. The van der Waals surface area contributed by atoms with Crippen molar-refractivity contribution in [1.29, 1.82) is 0 Å². The Morgan fingerprint density at radius 3 is 2.90 bits per heavy atom. The van der Waals surface area contributed by atoms with Crippen LogP contribution in [-0.2, 0) is 20.7 Å². The van der Waals surface area contributed by atoms with E-state index in [-0.39, 0.29) is 24.6 Å². The van der Waals surface area contributed by atoms with E-state index in [1.165, 1.54) is 13.2 Å². The van der Waals surface area contributed by atoms with Crippen molar-refractivity contribution >= 4 is 28.9 Å². The Morgan fingerprint density at radius 1 is 1.48 bits per heavy atom. The standard InChI is InChI=1S/C13H15N3O5/c1-21-13(18)4-5-14-10-6-8-2-3-12(17)15-9(8)7-11(10)16(19)20/h6-7,14H,2-5H2,1H3,(H,15,17).